The van der Waals surface area contributed by atoms with Crippen molar-refractivity contribution in [1.29, 1.82) is 0 Å². The summed E-state index contributed by atoms with van der Waals surface area (Å²) in [5, 5.41) is 7.43. The van der Waals surface area contributed by atoms with Crippen LogP contribution in [0, 0.1) is 0 Å². The molecule has 0 saturated heterocycles. The molecule has 0 unspecified atom stereocenters. The lowest BCUT2D eigenvalue weighted by Gasteiger charge is -2.11. The molecule has 6 nitrogen and oxygen atoms in total. The summed E-state index contributed by atoms with van der Waals surface area (Å²) in [7, 11) is 3.21. The molecule has 8 heteroatoms. The van der Waals surface area contributed by atoms with E-state index in [-0.39, 0.29) is 12.3 Å². The van der Waals surface area contributed by atoms with E-state index in [2.05, 4.69) is 10.4 Å². The number of furan rings is 1. The Morgan fingerprint density at radius 3 is 2.69 bits per heavy atom. The van der Waals surface area contributed by atoms with Gasteiger partial charge in [0.25, 0.3) is 0 Å². The van der Waals surface area contributed by atoms with E-state index in [1.807, 2.05) is 24.3 Å². The van der Waals surface area contributed by atoms with Crippen LogP contribution in [0.25, 0.3) is 0 Å². The summed E-state index contributed by atoms with van der Waals surface area (Å²) in [6.45, 7) is 1.07. The quantitative estimate of drug-likeness (QED) is 0.555. The van der Waals surface area contributed by atoms with Gasteiger partial charge >= 0.3 is 5.92 Å². The molecule has 0 amide bonds. The van der Waals surface area contributed by atoms with E-state index >= 15 is 0 Å². The van der Waals surface area contributed by atoms with Crippen LogP contribution in [0.2, 0.25) is 0 Å². The number of benzene rings is 1. The maximum absolute atomic E-state index is 13.2. The lowest BCUT2D eigenvalue weighted by atomic mass is 10.1. The third-order valence-corrected chi connectivity index (χ3v) is 4.22. The number of hydrogen-bond donors (Lipinski definition) is 1. The number of alkyl halides is 2. The third kappa shape index (κ3) is 5.16. The van der Waals surface area contributed by atoms with Crippen LogP contribution in [0.4, 0.5) is 14.6 Å². The van der Waals surface area contributed by atoms with Gasteiger partial charge in [-0.15, -0.1) is 0 Å². The molecule has 0 atom stereocenters. The Kier molecular flexibility index (Phi) is 6.21. The first kappa shape index (κ1) is 20.4. The predicted molar refractivity (Wildman–Crippen MR) is 106 cm³/mol. The van der Waals surface area contributed by atoms with Gasteiger partial charge in [0.2, 0.25) is 0 Å². The largest absolute Gasteiger partial charge is 0.493 e. The molecule has 0 spiro atoms. The number of halogens is 2. The number of methoxy groups -OCH3 is 2. The molecule has 3 rings (SSSR count). The van der Waals surface area contributed by atoms with E-state index in [1.165, 1.54) is 12.1 Å². The van der Waals surface area contributed by atoms with Crippen molar-refractivity contribution in [2.75, 3.05) is 19.5 Å². The van der Waals surface area contributed by atoms with Crippen LogP contribution in [0.1, 0.15) is 24.0 Å². The van der Waals surface area contributed by atoms with E-state index in [0.717, 1.165) is 12.5 Å². The normalized spacial score (nSPS) is 11.8. The first-order chi connectivity index (χ1) is 13.9. The van der Waals surface area contributed by atoms with Crippen LogP contribution in [0.5, 0.6) is 11.5 Å². The second kappa shape index (κ2) is 8.81. The lowest BCUT2D eigenvalue weighted by molar-refractivity contribution is -0.00636. The number of anilines is 1. The smallest absolute Gasteiger partial charge is 0.301 e. The first-order valence-electron chi connectivity index (χ1n) is 9.02. The molecule has 0 saturated carbocycles. The average Bonchev–Trinajstić information content (AvgIpc) is 3.34. The van der Waals surface area contributed by atoms with E-state index in [9.17, 15) is 8.78 Å². The summed E-state index contributed by atoms with van der Waals surface area (Å²) in [5.41, 5.74) is 0.997. The number of para-hydroxylation sites is 1. The van der Waals surface area contributed by atoms with Gasteiger partial charge in [-0.1, -0.05) is 18.2 Å². The Balaban J connectivity index is 1.56. The van der Waals surface area contributed by atoms with Gasteiger partial charge in [-0.25, -0.2) is 0 Å². The van der Waals surface area contributed by atoms with Crippen molar-refractivity contribution >= 4 is 5.82 Å². The van der Waals surface area contributed by atoms with Crippen molar-refractivity contribution in [3.63, 3.8) is 0 Å². The zero-order chi connectivity index (χ0) is 20.9. The van der Waals surface area contributed by atoms with E-state index < -0.39 is 5.92 Å². The second-order valence-corrected chi connectivity index (χ2v) is 6.46. The number of rotatable bonds is 9. The van der Waals surface area contributed by atoms with E-state index in [0.29, 0.717) is 29.5 Å². The Morgan fingerprint density at radius 2 is 2.00 bits per heavy atom. The Bertz CT molecular complexity index is 974. The molecule has 0 fully saturated rings. The predicted octanol–water partition coefficient (Wildman–Crippen LogP) is 4.82. The van der Waals surface area contributed by atoms with Gasteiger partial charge in [0, 0.05) is 24.8 Å². The van der Waals surface area contributed by atoms with Gasteiger partial charge in [0.15, 0.2) is 23.1 Å². The summed E-state index contributed by atoms with van der Waals surface area (Å²) in [6, 6.07) is 10.3. The standard InChI is InChI=1S/C21H23F2N3O3/c1-21(22,23)18-10-9-16(29-18)14-26-13-11-19(25-26)24-12-5-7-15-6-4-8-17(27-2)20(15)28-3/h4-6,8-13H,7,14H2,1-3H3,(H,24,25)/b12-5+. The zero-order valence-electron chi connectivity index (χ0n) is 16.5. The fraction of sp³-hybridized carbons (Fsp3) is 0.286. The van der Waals surface area contributed by atoms with Crippen molar-refractivity contribution in [2.45, 2.75) is 25.8 Å². The van der Waals surface area contributed by atoms with Crippen molar-refractivity contribution < 1.29 is 22.7 Å². The van der Waals surface area contributed by atoms with Crippen LogP contribution in [0.3, 0.4) is 0 Å². The van der Waals surface area contributed by atoms with Gasteiger partial charge < -0.3 is 19.2 Å². The van der Waals surface area contributed by atoms with Gasteiger partial charge in [-0.05, 0) is 30.8 Å². The molecule has 154 valence electrons. The molecule has 1 aromatic carbocycles. The first-order valence-corrected chi connectivity index (χ1v) is 9.02. The Morgan fingerprint density at radius 1 is 1.17 bits per heavy atom. The van der Waals surface area contributed by atoms with E-state index in [1.54, 1.807) is 37.4 Å². The minimum Gasteiger partial charge on any atom is -0.493 e. The highest BCUT2D eigenvalue weighted by molar-refractivity contribution is 5.47. The number of ether oxygens (including phenoxy) is 2. The zero-order valence-corrected chi connectivity index (χ0v) is 16.5. The maximum atomic E-state index is 13.2. The van der Waals surface area contributed by atoms with Gasteiger partial charge in [0.05, 0.1) is 20.8 Å². The van der Waals surface area contributed by atoms with Crippen LogP contribution >= 0.6 is 0 Å². The van der Waals surface area contributed by atoms with Crippen molar-refractivity contribution in [2.24, 2.45) is 0 Å². The summed E-state index contributed by atoms with van der Waals surface area (Å²) in [4.78, 5) is 0. The molecule has 2 aromatic heterocycles. The number of allylic oxidation sites excluding steroid dienone is 1. The minimum atomic E-state index is -2.99. The molecule has 29 heavy (non-hydrogen) atoms. The maximum Gasteiger partial charge on any atom is 0.301 e. The second-order valence-electron chi connectivity index (χ2n) is 6.46. The molecule has 0 aliphatic heterocycles. The fourth-order valence-corrected chi connectivity index (χ4v) is 2.83. The molecule has 0 aliphatic rings. The summed E-state index contributed by atoms with van der Waals surface area (Å²) < 4.78 is 44.0. The highest BCUT2D eigenvalue weighted by Crippen LogP contribution is 2.31. The molecule has 3 aromatic rings. The monoisotopic (exact) mass is 403 g/mol. The molecule has 0 aliphatic carbocycles. The van der Waals surface area contributed by atoms with Crippen LogP contribution in [-0.2, 0) is 18.9 Å². The molecular weight excluding hydrogens is 380 g/mol. The number of aromatic nitrogens is 2. The molecule has 0 bridgehead atoms. The van der Waals surface area contributed by atoms with Crippen LogP contribution < -0.4 is 14.8 Å². The summed E-state index contributed by atoms with van der Waals surface area (Å²) in [5.74, 6) is -0.908. The fourth-order valence-electron chi connectivity index (χ4n) is 2.83. The Hall–Kier alpha value is -3.29. The molecular formula is C21H23F2N3O3. The highest BCUT2D eigenvalue weighted by atomic mass is 19.3. The van der Waals surface area contributed by atoms with E-state index in [4.69, 9.17) is 13.9 Å². The Labute approximate surface area is 167 Å². The number of nitrogens with one attached hydrogen (secondary N) is 1. The summed E-state index contributed by atoms with van der Waals surface area (Å²) >= 11 is 0. The third-order valence-electron chi connectivity index (χ3n) is 4.22. The van der Waals surface area contributed by atoms with Crippen LogP contribution in [-0.4, -0.2) is 24.0 Å². The number of nitrogens with zero attached hydrogens (tertiary/aromatic N) is 2. The van der Waals surface area contributed by atoms with Gasteiger partial charge in [-0.3, -0.25) is 4.68 Å². The molecule has 1 N–H and O–H groups in total. The average molecular weight is 403 g/mol. The van der Waals surface area contributed by atoms with Crippen molar-refractivity contribution in [3.8, 4) is 11.5 Å². The van der Waals surface area contributed by atoms with Gasteiger partial charge in [0.1, 0.15) is 5.76 Å². The van der Waals surface area contributed by atoms with Gasteiger partial charge in [-0.2, -0.15) is 13.9 Å². The summed E-state index contributed by atoms with van der Waals surface area (Å²) in [6.07, 6.45) is 6.12. The minimum absolute atomic E-state index is 0.266. The van der Waals surface area contributed by atoms with Crippen molar-refractivity contribution in [3.05, 3.63) is 72.0 Å². The SMILES string of the molecule is COc1cccc(C/C=C/Nc2ccn(Cc3ccc(C(C)(F)F)o3)n2)c1OC. The lowest BCUT2D eigenvalue weighted by Crippen LogP contribution is -2.05. The van der Waals surface area contributed by atoms with Crippen molar-refractivity contribution in [1.82, 2.24) is 9.78 Å². The van der Waals surface area contributed by atoms with Crippen LogP contribution in [0.15, 0.2) is 59.3 Å². The number of hydrogen-bond acceptors (Lipinski definition) is 5. The molecule has 0 radical (unpaired) electrons. The topological polar surface area (TPSA) is 61.5 Å². The molecule has 2 heterocycles. The highest BCUT2D eigenvalue weighted by Gasteiger charge is 2.28.